The molecule has 0 saturated heterocycles. The molecule has 3 aliphatic rings. The molecule has 7 heteroatoms. The summed E-state index contributed by atoms with van der Waals surface area (Å²) in [6, 6.07) is 15.3. The van der Waals surface area contributed by atoms with Crippen LogP contribution in [0.1, 0.15) is 24.8 Å². The number of hydrogen-bond acceptors (Lipinski definition) is 5. The van der Waals surface area contributed by atoms with Crippen molar-refractivity contribution in [3.8, 4) is 6.07 Å². The molecule has 2 aliphatic heterocycles. The van der Waals surface area contributed by atoms with Crippen molar-refractivity contribution in [2.24, 2.45) is 5.73 Å². The van der Waals surface area contributed by atoms with E-state index in [9.17, 15) is 19.2 Å². The highest BCUT2D eigenvalue weighted by molar-refractivity contribution is 6.20. The lowest BCUT2D eigenvalue weighted by atomic mass is 9.63. The first-order valence-electron chi connectivity index (χ1n) is 10.7. The number of ketones is 1. The van der Waals surface area contributed by atoms with Crippen molar-refractivity contribution in [2.75, 3.05) is 16.3 Å². The second-order valence-electron chi connectivity index (χ2n) is 8.23. The lowest BCUT2D eigenvalue weighted by Gasteiger charge is -2.43. The van der Waals surface area contributed by atoms with Crippen molar-refractivity contribution < 1.29 is 14.0 Å². The molecular formula is C26H21FN4O2. The smallest absolute Gasteiger partial charge is 0.248 e. The number of allylic oxidation sites excluding steroid dienone is 1. The topological polar surface area (TPSA) is 90.4 Å². The van der Waals surface area contributed by atoms with Gasteiger partial charge in [-0.05, 0) is 31.0 Å². The zero-order valence-electron chi connectivity index (χ0n) is 17.8. The second kappa shape index (κ2) is 7.45. The first kappa shape index (κ1) is 20.7. The maximum Gasteiger partial charge on any atom is 0.248 e. The number of carbonyl (C=O) groups excluding carboxylic acids is 2. The molecule has 5 rings (SSSR count). The van der Waals surface area contributed by atoms with Crippen molar-refractivity contribution in [3.05, 3.63) is 95.2 Å². The van der Waals surface area contributed by atoms with Gasteiger partial charge in [-0.3, -0.25) is 14.5 Å². The highest BCUT2D eigenvalue weighted by Gasteiger charge is 2.62. The third kappa shape index (κ3) is 2.58. The van der Waals surface area contributed by atoms with Crippen LogP contribution in [-0.4, -0.2) is 18.2 Å². The molecule has 2 N–H and O–H groups in total. The number of para-hydroxylation sites is 2. The first-order valence-corrected chi connectivity index (χ1v) is 10.7. The van der Waals surface area contributed by atoms with E-state index in [0.29, 0.717) is 29.8 Å². The Morgan fingerprint density at radius 1 is 1.12 bits per heavy atom. The molecule has 164 valence electrons. The fourth-order valence-corrected chi connectivity index (χ4v) is 5.35. The molecule has 6 nitrogen and oxygen atoms in total. The number of anilines is 2. The minimum Gasteiger partial charge on any atom is -0.384 e. The number of nitriles is 1. The van der Waals surface area contributed by atoms with Gasteiger partial charge >= 0.3 is 0 Å². The molecule has 2 aromatic rings. The molecule has 0 saturated carbocycles. The minimum absolute atomic E-state index is 0.0420. The number of halogens is 1. The second-order valence-corrected chi connectivity index (χ2v) is 8.23. The van der Waals surface area contributed by atoms with Crippen LogP contribution in [0.4, 0.5) is 15.8 Å². The van der Waals surface area contributed by atoms with E-state index in [0.717, 1.165) is 0 Å². The van der Waals surface area contributed by atoms with Crippen molar-refractivity contribution in [3.63, 3.8) is 0 Å². The Bertz CT molecular complexity index is 1340. The predicted molar refractivity (Wildman–Crippen MR) is 122 cm³/mol. The van der Waals surface area contributed by atoms with Crippen LogP contribution in [0.15, 0.2) is 83.9 Å². The Kier molecular flexibility index (Phi) is 4.68. The predicted octanol–water partition coefficient (Wildman–Crippen LogP) is 3.82. The molecule has 0 bridgehead atoms. The number of Topliss-reactive ketones (excluding diaryl/α,β-unsaturated/α-hetero) is 1. The largest absolute Gasteiger partial charge is 0.384 e. The van der Waals surface area contributed by atoms with Crippen LogP contribution in [0.2, 0.25) is 0 Å². The zero-order chi connectivity index (χ0) is 23.3. The summed E-state index contributed by atoms with van der Waals surface area (Å²) in [4.78, 5) is 30.6. The normalized spacial score (nSPS) is 21.9. The summed E-state index contributed by atoms with van der Waals surface area (Å²) in [5.41, 5.74) is 6.80. The molecule has 1 amide bonds. The van der Waals surface area contributed by atoms with E-state index in [2.05, 4.69) is 12.6 Å². The summed E-state index contributed by atoms with van der Waals surface area (Å²) in [5, 5.41) is 10.3. The monoisotopic (exact) mass is 440 g/mol. The quantitative estimate of drug-likeness (QED) is 0.733. The molecule has 1 unspecified atom stereocenters. The SMILES string of the molecule is C=CCN1C(=O)C2(C(C#N)=C(N)N(c3ccccc3F)C3=C2C(=O)CCC3)c2ccccc21. The number of nitrogens with two attached hydrogens (primary N) is 1. The van der Waals surface area contributed by atoms with E-state index >= 15 is 0 Å². The Hall–Kier alpha value is -4.18. The highest BCUT2D eigenvalue weighted by atomic mass is 19.1. The maximum absolute atomic E-state index is 14.9. The molecule has 0 fully saturated rings. The summed E-state index contributed by atoms with van der Waals surface area (Å²) in [5.74, 6) is -1.23. The molecule has 1 spiro atoms. The number of amides is 1. The Labute approximate surface area is 190 Å². The fraction of sp³-hybridized carbons (Fsp3) is 0.192. The molecular weight excluding hydrogens is 419 g/mol. The van der Waals surface area contributed by atoms with Crippen LogP contribution in [0, 0.1) is 17.1 Å². The van der Waals surface area contributed by atoms with Crippen LogP contribution in [0.25, 0.3) is 0 Å². The number of nitrogens with zero attached hydrogens (tertiary/aromatic N) is 3. The summed E-state index contributed by atoms with van der Waals surface area (Å²) in [6.45, 7) is 3.96. The molecule has 1 atom stereocenters. The number of hydrogen-bond donors (Lipinski definition) is 1. The van der Waals surface area contributed by atoms with Crippen molar-refractivity contribution in [2.45, 2.75) is 24.7 Å². The average Bonchev–Trinajstić information content (AvgIpc) is 3.05. The molecule has 1 aliphatic carbocycles. The van der Waals surface area contributed by atoms with Crippen molar-refractivity contribution in [1.29, 1.82) is 5.26 Å². The van der Waals surface area contributed by atoms with Crippen LogP contribution in [0.5, 0.6) is 0 Å². The van der Waals surface area contributed by atoms with Gasteiger partial charge in [-0.2, -0.15) is 5.26 Å². The van der Waals surface area contributed by atoms with Crippen LogP contribution in [0.3, 0.4) is 0 Å². The molecule has 0 aromatic heterocycles. The zero-order valence-corrected chi connectivity index (χ0v) is 17.8. The first-order chi connectivity index (χ1) is 16.0. The van der Waals surface area contributed by atoms with Gasteiger partial charge < -0.3 is 10.6 Å². The van der Waals surface area contributed by atoms with E-state index in [1.807, 2.05) is 0 Å². The average molecular weight is 440 g/mol. The van der Waals surface area contributed by atoms with Gasteiger partial charge in [-0.1, -0.05) is 36.4 Å². The van der Waals surface area contributed by atoms with Crippen LogP contribution in [-0.2, 0) is 15.0 Å². The van der Waals surface area contributed by atoms with E-state index in [4.69, 9.17) is 5.73 Å². The minimum atomic E-state index is -1.66. The molecule has 2 heterocycles. The van der Waals surface area contributed by atoms with Gasteiger partial charge in [0.25, 0.3) is 0 Å². The standard InChI is InChI=1S/C26H21FN4O2/c1-2-14-30-19-10-5-3-8-16(19)26(25(30)33)17(15-28)24(29)31(20-11-6-4-9-18(20)27)21-12-7-13-22(32)23(21)26/h2-6,8-11H,1,7,12-14,29H2. The van der Waals surface area contributed by atoms with Gasteiger partial charge in [0, 0.05) is 35.5 Å². The summed E-state index contributed by atoms with van der Waals surface area (Å²) in [6.07, 6.45) is 2.80. The lowest BCUT2D eigenvalue weighted by Crippen LogP contribution is -2.52. The Balaban J connectivity index is 1.90. The van der Waals surface area contributed by atoms with Crippen molar-refractivity contribution >= 4 is 23.1 Å². The van der Waals surface area contributed by atoms with E-state index < -0.39 is 17.1 Å². The molecule has 2 aromatic carbocycles. The van der Waals surface area contributed by atoms with E-state index in [1.54, 1.807) is 48.5 Å². The molecule has 0 radical (unpaired) electrons. The van der Waals surface area contributed by atoms with E-state index in [1.165, 1.54) is 15.9 Å². The number of fused-ring (bicyclic) bond motifs is 3. The van der Waals surface area contributed by atoms with Gasteiger partial charge in [-0.25, -0.2) is 4.39 Å². The maximum atomic E-state index is 14.9. The highest BCUT2D eigenvalue weighted by Crippen LogP contribution is 2.56. The third-order valence-electron chi connectivity index (χ3n) is 6.58. The third-order valence-corrected chi connectivity index (χ3v) is 6.58. The van der Waals surface area contributed by atoms with Gasteiger partial charge in [0.2, 0.25) is 5.91 Å². The van der Waals surface area contributed by atoms with E-state index in [-0.39, 0.29) is 41.4 Å². The van der Waals surface area contributed by atoms with Crippen LogP contribution < -0.4 is 15.5 Å². The number of benzene rings is 2. The molecule has 33 heavy (non-hydrogen) atoms. The van der Waals surface area contributed by atoms with Gasteiger partial charge in [0.05, 0.1) is 11.3 Å². The summed E-state index contributed by atoms with van der Waals surface area (Å²) >= 11 is 0. The Morgan fingerprint density at radius 2 is 1.82 bits per heavy atom. The fourth-order valence-electron chi connectivity index (χ4n) is 5.35. The Morgan fingerprint density at radius 3 is 2.52 bits per heavy atom. The van der Waals surface area contributed by atoms with Crippen LogP contribution >= 0.6 is 0 Å². The lowest BCUT2D eigenvalue weighted by molar-refractivity contribution is -0.124. The number of rotatable bonds is 3. The van der Waals surface area contributed by atoms with Gasteiger partial charge in [0.15, 0.2) is 5.78 Å². The van der Waals surface area contributed by atoms with Crippen molar-refractivity contribution in [1.82, 2.24) is 0 Å². The summed E-state index contributed by atoms with van der Waals surface area (Å²) < 4.78 is 14.9. The van der Waals surface area contributed by atoms with Gasteiger partial charge in [-0.15, -0.1) is 6.58 Å². The summed E-state index contributed by atoms with van der Waals surface area (Å²) in [7, 11) is 0. The number of carbonyl (C=O) groups is 2. The van der Waals surface area contributed by atoms with Gasteiger partial charge in [0.1, 0.15) is 23.1 Å².